The number of hydrogen-bond acceptors (Lipinski definition) is 1. The summed E-state index contributed by atoms with van der Waals surface area (Å²) in [5, 5.41) is 8.80. The number of aromatic amines is 1. The fourth-order valence-electron chi connectivity index (χ4n) is 0.727. The summed E-state index contributed by atoms with van der Waals surface area (Å²) >= 11 is 0. The van der Waals surface area contributed by atoms with E-state index >= 15 is 0 Å². The Balaban J connectivity index is 3.18. The van der Waals surface area contributed by atoms with E-state index in [0.717, 1.165) is 10.9 Å². The molecule has 1 heterocycles. The van der Waals surface area contributed by atoms with Crippen LogP contribution in [0.2, 0.25) is 0 Å². The summed E-state index contributed by atoms with van der Waals surface area (Å²) in [6.07, 6.45) is 1.85. The normalized spacial score (nSPS) is 11.4. The Morgan fingerprint density at radius 2 is 2.43 bits per heavy atom. The van der Waals surface area contributed by atoms with Gasteiger partial charge in [-0.15, -0.1) is 0 Å². The maximum atomic E-state index is 7.04. The molecule has 0 unspecified atom stereocenters. The van der Waals surface area contributed by atoms with E-state index in [1.807, 2.05) is 12.3 Å². The quantitative estimate of drug-likeness (QED) is 0.475. The summed E-state index contributed by atoms with van der Waals surface area (Å²) in [5.74, 6) is 0. The van der Waals surface area contributed by atoms with E-state index in [4.69, 9.17) is 5.41 Å². The summed E-state index contributed by atoms with van der Waals surface area (Å²) < 4.78 is 0. The molecule has 2 N–H and O–H groups in total. The van der Waals surface area contributed by atoms with Gasteiger partial charge in [0.25, 0.3) is 0 Å². The molecule has 7 heavy (non-hydrogen) atoms. The molecule has 0 saturated heterocycles. The van der Waals surface area contributed by atoms with Crippen molar-refractivity contribution in [2.24, 2.45) is 0 Å². The van der Waals surface area contributed by atoms with Gasteiger partial charge in [0, 0.05) is 11.6 Å². The zero-order chi connectivity index (χ0) is 4.85. The lowest BCUT2D eigenvalue weighted by Crippen LogP contribution is -1.73. The van der Waals surface area contributed by atoms with Crippen molar-refractivity contribution in [1.29, 1.82) is 5.41 Å². The van der Waals surface area contributed by atoms with Crippen LogP contribution in [0, 0.1) is 5.41 Å². The molecule has 2 aromatic rings. The van der Waals surface area contributed by atoms with E-state index in [1.54, 1.807) is 0 Å². The maximum Gasteiger partial charge on any atom is 0.0876 e. The van der Waals surface area contributed by atoms with Crippen molar-refractivity contribution in [3.05, 3.63) is 17.6 Å². The largest absolute Gasteiger partial charge is 0.359 e. The third-order valence-corrected chi connectivity index (χ3v) is 1.20. The van der Waals surface area contributed by atoms with Gasteiger partial charge in [-0.2, -0.15) is 0 Å². The third-order valence-electron chi connectivity index (χ3n) is 1.20. The molecule has 0 aliphatic rings. The van der Waals surface area contributed by atoms with Crippen molar-refractivity contribution < 1.29 is 0 Å². The molecule has 34 valence electrons. The molecular formula is C5H4N2. The Bertz CT molecular complexity index is 269. The molecule has 0 saturated carbocycles. The summed E-state index contributed by atoms with van der Waals surface area (Å²) in [7, 11) is 0. The van der Waals surface area contributed by atoms with Crippen LogP contribution in [0.5, 0.6) is 0 Å². The molecule has 2 nitrogen and oxygen atoms in total. The van der Waals surface area contributed by atoms with Gasteiger partial charge in [0.2, 0.25) is 0 Å². The van der Waals surface area contributed by atoms with Gasteiger partial charge in [-0.05, 0) is 6.07 Å². The van der Waals surface area contributed by atoms with Crippen LogP contribution in [0.25, 0.3) is 10.9 Å². The minimum atomic E-state index is 0.683. The number of pyridine rings is 1. The molecule has 0 aliphatic carbocycles. The lowest BCUT2D eigenvalue weighted by molar-refractivity contribution is 1.35. The lowest BCUT2D eigenvalue weighted by Gasteiger charge is -1.57. The molecule has 0 atom stereocenters. The first-order valence-electron chi connectivity index (χ1n) is 2.16. The fourth-order valence-corrected chi connectivity index (χ4v) is 0.727. The van der Waals surface area contributed by atoms with Crippen LogP contribution in [-0.4, -0.2) is 4.98 Å². The molecule has 0 fully saturated rings. The SMILES string of the molecule is N=c1c2cc[nH]c12. The Labute approximate surface area is 40.0 Å². The van der Waals surface area contributed by atoms with E-state index in [0.29, 0.717) is 5.36 Å². The Morgan fingerprint density at radius 1 is 1.57 bits per heavy atom. The van der Waals surface area contributed by atoms with E-state index < -0.39 is 0 Å². The van der Waals surface area contributed by atoms with Gasteiger partial charge < -0.3 is 4.98 Å². The number of H-pyrrole nitrogens is 1. The second kappa shape index (κ2) is 0.644. The topological polar surface area (TPSA) is 39.6 Å². The molecule has 0 spiro atoms. The van der Waals surface area contributed by atoms with Crippen LogP contribution in [0.1, 0.15) is 0 Å². The summed E-state index contributed by atoms with van der Waals surface area (Å²) in [6, 6.07) is 1.91. The highest BCUT2D eigenvalue weighted by Gasteiger charge is 2.05. The van der Waals surface area contributed by atoms with Gasteiger partial charge in [-0.3, -0.25) is 5.41 Å². The minimum absolute atomic E-state index is 0.683. The summed E-state index contributed by atoms with van der Waals surface area (Å²) in [5.41, 5.74) is 1.01. The zero-order valence-corrected chi connectivity index (χ0v) is 3.65. The van der Waals surface area contributed by atoms with Gasteiger partial charge >= 0.3 is 0 Å². The number of fused-ring (bicyclic) bond motifs is 1. The van der Waals surface area contributed by atoms with Crippen LogP contribution >= 0.6 is 0 Å². The molecular weight excluding hydrogens is 88.1 g/mol. The van der Waals surface area contributed by atoms with Crippen LogP contribution in [-0.2, 0) is 0 Å². The smallest absolute Gasteiger partial charge is 0.0876 e. The molecule has 2 heteroatoms. The second-order valence-corrected chi connectivity index (χ2v) is 1.64. The van der Waals surface area contributed by atoms with Crippen molar-refractivity contribution in [1.82, 2.24) is 4.98 Å². The number of hydrogen-bond donors (Lipinski definition) is 2. The summed E-state index contributed by atoms with van der Waals surface area (Å²) in [6.45, 7) is 0. The lowest BCUT2D eigenvalue weighted by atomic mass is 10.6. The minimum Gasteiger partial charge on any atom is -0.359 e. The van der Waals surface area contributed by atoms with Crippen LogP contribution < -0.4 is 5.36 Å². The molecule has 2 rings (SSSR count). The molecule has 1 aromatic carbocycles. The van der Waals surface area contributed by atoms with Gasteiger partial charge in [-0.25, -0.2) is 0 Å². The highest BCUT2D eigenvalue weighted by molar-refractivity contribution is 5.93. The van der Waals surface area contributed by atoms with Crippen molar-refractivity contribution in [2.45, 2.75) is 0 Å². The maximum absolute atomic E-state index is 7.04. The number of aromatic nitrogens is 1. The average molecular weight is 92.1 g/mol. The second-order valence-electron chi connectivity index (χ2n) is 1.64. The monoisotopic (exact) mass is 92.0 g/mol. The van der Waals surface area contributed by atoms with E-state index in [2.05, 4.69) is 4.98 Å². The Hall–Kier alpha value is -1.05. The highest BCUT2D eigenvalue weighted by atomic mass is 14.7. The van der Waals surface area contributed by atoms with Crippen molar-refractivity contribution in [3.8, 4) is 0 Å². The molecule has 0 bridgehead atoms. The van der Waals surface area contributed by atoms with Crippen LogP contribution in [0.3, 0.4) is 0 Å². The van der Waals surface area contributed by atoms with Gasteiger partial charge in [-0.1, -0.05) is 0 Å². The van der Waals surface area contributed by atoms with Gasteiger partial charge in [0.15, 0.2) is 0 Å². The molecule has 0 aliphatic heterocycles. The van der Waals surface area contributed by atoms with Gasteiger partial charge in [0.05, 0.1) is 10.9 Å². The fraction of sp³-hybridized carbons (Fsp3) is 0. The predicted octanol–water partition coefficient (Wildman–Crippen LogP) is 0.523. The molecule has 0 amide bonds. The van der Waals surface area contributed by atoms with Crippen LogP contribution in [0.4, 0.5) is 0 Å². The summed E-state index contributed by atoms with van der Waals surface area (Å²) in [4.78, 5) is 2.92. The first-order chi connectivity index (χ1) is 3.39. The van der Waals surface area contributed by atoms with Crippen LogP contribution in [0.15, 0.2) is 12.3 Å². The van der Waals surface area contributed by atoms with Crippen molar-refractivity contribution in [2.75, 3.05) is 0 Å². The predicted molar refractivity (Wildman–Crippen MR) is 26.5 cm³/mol. The third kappa shape index (κ3) is 0.193. The average Bonchev–Trinajstić information content (AvgIpc) is 2.26. The van der Waals surface area contributed by atoms with E-state index in [-0.39, 0.29) is 0 Å². The Kier molecular flexibility index (Phi) is 0.278. The molecule has 0 radical (unpaired) electrons. The van der Waals surface area contributed by atoms with E-state index in [9.17, 15) is 0 Å². The van der Waals surface area contributed by atoms with Crippen molar-refractivity contribution >= 4 is 10.9 Å². The van der Waals surface area contributed by atoms with Gasteiger partial charge in [0.1, 0.15) is 0 Å². The van der Waals surface area contributed by atoms with E-state index in [1.165, 1.54) is 0 Å². The van der Waals surface area contributed by atoms with Crippen molar-refractivity contribution in [3.63, 3.8) is 0 Å². The zero-order valence-electron chi connectivity index (χ0n) is 3.65. The highest BCUT2D eigenvalue weighted by Crippen LogP contribution is 2.08. The number of nitrogens with one attached hydrogen (secondary N) is 2. The molecule has 1 aromatic heterocycles. The Morgan fingerprint density at radius 3 is 2.71 bits per heavy atom. The first kappa shape index (κ1) is 3.02. The number of rotatable bonds is 0. The first-order valence-corrected chi connectivity index (χ1v) is 2.16. The standard InChI is InChI=1S/C5H4N2/c6-4-3-1-2-7-5(3)4/h1-2,6-7H.